The predicted molar refractivity (Wildman–Crippen MR) is 76.2 cm³/mol. The smallest absolute Gasteiger partial charge is 0.219 e. The highest BCUT2D eigenvalue weighted by atomic mass is 16.3. The molecule has 0 saturated carbocycles. The van der Waals surface area contributed by atoms with Crippen molar-refractivity contribution in [1.29, 1.82) is 0 Å². The number of aliphatic hydroxyl groups is 1. The molecule has 0 unspecified atom stereocenters. The molecule has 1 amide bonds. The first-order chi connectivity index (χ1) is 9.08. The SMILES string of the molecule is CC(=O)N1CCCN(c2ccc([C@H](C)O)cc2)CC1. The van der Waals surface area contributed by atoms with Crippen molar-refractivity contribution >= 4 is 11.6 Å². The van der Waals surface area contributed by atoms with Crippen molar-refractivity contribution < 1.29 is 9.90 Å². The number of carbonyl (C=O) groups excluding carboxylic acids is 1. The van der Waals surface area contributed by atoms with Gasteiger partial charge in [-0.05, 0) is 31.0 Å². The summed E-state index contributed by atoms with van der Waals surface area (Å²) in [5.74, 6) is 0.159. The van der Waals surface area contributed by atoms with Crippen LogP contribution in [0.1, 0.15) is 31.9 Å². The van der Waals surface area contributed by atoms with Gasteiger partial charge in [-0.25, -0.2) is 0 Å². The molecule has 1 N–H and O–H groups in total. The van der Waals surface area contributed by atoms with Crippen molar-refractivity contribution in [3.05, 3.63) is 29.8 Å². The molecule has 0 spiro atoms. The van der Waals surface area contributed by atoms with Crippen LogP contribution in [0.25, 0.3) is 0 Å². The molecular weight excluding hydrogens is 240 g/mol. The van der Waals surface area contributed by atoms with Crippen molar-refractivity contribution in [2.75, 3.05) is 31.1 Å². The maximum absolute atomic E-state index is 11.4. The summed E-state index contributed by atoms with van der Waals surface area (Å²) in [4.78, 5) is 15.6. The zero-order chi connectivity index (χ0) is 13.8. The van der Waals surface area contributed by atoms with Crippen LogP contribution in [0.15, 0.2) is 24.3 Å². The van der Waals surface area contributed by atoms with Crippen LogP contribution in [0.2, 0.25) is 0 Å². The van der Waals surface area contributed by atoms with Crippen molar-refractivity contribution in [2.45, 2.75) is 26.4 Å². The average Bonchev–Trinajstić information content (AvgIpc) is 2.64. The first-order valence-electron chi connectivity index (χ1n) is 6.86. The zero-order valence-corrected chi connectivity index (χ0v) is 11.7. The molecule has 1 fully saturated rings. The van der Waals surface area contributed by atoms with Gasteiger partial charge in [0.1, 0.15) is 0 Å². The minimum Gasteiger partial charge on any atom is -0.389 e. The quantitative estimate of drug-likeness (QED) is 0.884. The molecule has 0 radical (unpaired) electrons. The first-order valence-corrected chi connectivity index (χ1v) is 6.86. The summed E-state index contributed by atoms with van der Waals surface area (Å²) >= 11 is 0. The number of hydrogen-bond acceptors (Lipinski definition) is 3. The van der Waals surface area contributed by atoms with E-state index in [0.717, 1.165) is 43.9 Å². The summed E-state index contributed by atoms with van der Waals surface area (Å²) in [7, 11) is 0. The Morgan fingerprint density at radius 1 is 1.16 bits per heavy atom. The van der Waals surface area contributed by atoms with Crippen LogP contribution in [0.3, 0.4) is 0 Å². The van der Waals surface area contributed by atoms with E-state index in [4.69, 9.17) is 0 Å². The van der Waals surface area contributed by atoms with Crippen LogP contribution in [0, 0.1) is 0 Å². The molecule has 0 aromatic heterocycles. The van der Waals surface area contributed by atoms with Gasteiger partial charge in [-0.2, -0.15) is 0 Å². The van der Waals surface area contributed by atoms with Crippen LogP contribution < -0.4 is 4.90 Å². The third-order valence-electron chi connectivity index (χ3n) is 3.68. The van der Waals surface area contributed by atoms with Gasteiger partial charge in [-0.1, -0.05) is 12.1 Å². The van der Waals surface area contributed by atoms with Gasteiger partial charge in [0.25, 0.3) is 0 Å². The van der Waals surface area contributed by atoms with E-state index in [1.165, 1.54) is 0 Å². The zero-order valence-electron chi connectivity index (χ0n) is 11.7. The van der Waals surface area contributed by atoms with E-state index in [2.05, 4.69) is 4.90 Å². The highest BCUT2D eigenvalue weighted by molar-refractivity contribution is 5.73. The van der Waals surface area contributed by atoms with Gasteiger partial charge < -0.3 is 14.9 Å². The Morgan fingerprint density at radius 2 is 1.84 bits per heavy atom. The minimum atomic E-state index is -0.425. The minimum absolute atomic E-state index is 0.159. The summed E-state index contributed by atoms with van der Waals surface area (Å²) < 4.78 is 0. The number of hydrogen-bond donors (Lipinski definition) is 1. The normalized spacial score (nSPS) is 18.1. The molecule has 4 nitrogen and oxygen atoms in total. The Balaban J connectivity index is 2.03. The third kappa shape index (κ3) is 3.47. The summed E-state index contributed by atoms with van der Waals surface area (Å²) in [5, 5.41) is 9.51. The van der Waals surface area contributed by atoms with E-state index in [1.807, 2.05) is 29.2 Å². The van der Waals surface area contributed by atoms with Gasteiger partial charge in [-0.15, -0.1) is 0 Å². The van der Waals surface area contributed by atoms with Gasteiger partial charge in [0.2, 0.25) is 5.91 Å². The van der Waals surface area contributed by atoms with E-state index < -0.39 is 6.10 Å². The Kier molecular flexibility index (Phi) is 4.43. The fraction of sp³-hybridized carbons (Fsp3) is 0.533. The highest BCUT2D eigenvalue weighted by Gasteiger charge is 2.16. The number of anilines is 1. The molecular formula is C15H22N2O2. The van der Waals surface area contributed by atoms with Gasteiger partial charge >= 0.3 is 0 Å². The number of carbonyl (C=O) groups is 1. The fourth-order valence-electron chi connectivity index (χ4n) is 2.45. The summed E-state index contributed by atoms with van der Waals surface area (Å²) in [6.07, 6.45) is 0.573. The van der Waals surface area contributed by atoms with Gasteiger partial charge in [-0.3, -0.25) is 4.79 Å². The first kappa shape index (κ1) is 13.9. The van der Waals surface area contributed by atoms with Gasteiger partial charge in [0.15, 0.2) is 0 Å². The monoisotopic (exact) mass is 262 g/mol. The van der Waals surface area contributed by atoms with Crippen molar-refractivity contribution in [1.82, 2.24) is 4.90 Å². The molecule has 1 aliphatic rings. The van der Waals surface area contributed by atoms with Crippen LogP contribution >= 0.6 is 0 Å². The molecule has 1 saturated heterocycles. The number of benzene rings is 1. The molecule has 0 bridgehead atoms. The fourth-order valence-corrected chi connectivity index (χ4v) is 2.45. The van der Waals surface area contributed by atoms with Crippen LogP contribution in [0.5, 0.6) is 0 Å². The molecule has 1 aromatic rings. The van der Waals surface area contributed by atoms with Crippen LogP contribution in [-0.2, 0) is 4.79 Å². The number of amides is 1. The molecule has 104 valence electrons. The summed E-state index contributed by atoms with van der Waals surface area (Å²) in [6.45, 7) is 6.87. The highest BCUT2D eigenvalue weighted by Crippen LogP contribution is 2.20. The Labute approximate surface area is 114 Å². The molecule has 4 heteroatoms. The van der Waals surface area contributed by atoms with Crippen LogP contribution in [0.4, 0.5) is 5.69 Å². The van der Waals surface area contributed by atoms with Crippen molar-refractivity contribution in [2.24, 2.45) is 0 Å². The van der Waals surface area contributed by atoms with Crippen molar-refractivity contribution in [3.8, 4) is 0 Å². The standard InChI is InChI=1S/C15H22N2O2/c1-12(18)14-4-6-15(7-5-14)17-9-3-8-16(10-11-17)13(2)19/h4-7,12,18H,3,8-11H2,1-2H3/t12-/m0/s1. The second kappa shape index (κ2) is 6.06. The Morgan fingerprint density at radius 3 is 2.42 bits per heavy atom. The van der Waals surface area contributed by atoms with Crippen molar-refractivity contribution in [3.63, 3.8) is 0 Å². The second-order valence-electron chi connectivity index (χ2n) is 5.11. The molecule has 1 heterocycles. The van der Waals surface area contributed by atoms with E-state index in [-0.39, 0.29) is 5.91 Å². The van der Waals surface area contributed by atoms with E-state index in [0.29, 0.717) is 0 Å². The maximum atomic E-state index is 11.4. The molecule has 1 atom stereocenters. The lowest BCUT2D eigenvalue weighted by Gasteiger charge is -2.23. The summed E-state index contributed by atoms with van der Waals surface area (Å²) in [5.41, 5.74) is 2.10. The number of aliphatic hydroxyl groups excluding tert-OH is 1. The predicted octanol–water partition coefficient (Wildman–Crippen LogP) is 1.80. The average molecular weight is 262 g/mol. The maximum Gasteiger partial charge on any atom is 0.219 e. The molecule has 2 rings (SSSR count). The Hall–Kier alpha value is -1.55. The van der Waals surface area contributed by atoms with E-state index >= 15 is 0 Å². The Bertz CT molecular complexity index is 428. The molecule has 19 heavy (non-hydrogen) atoms. The lowest BCUT2D eigenvalue weighted by molar-refractivity contribution is -0.128. The largest absolute Gasteiger partial charge is 0.389 e. The lowest BCUT2D eigenvalue weighted by Crippen LogP contribution is -2.33. The molecule has 1 aromatic carbocycles. The van der Waals surface area contributed by atoms with Crippen LogP contribution in [-0.4, -0.2) is 42.1 Å². The number of nitrogens with zero attached hydrogens (tertiary/aromatic N) is 2. The van der Waals surface area contributed by atoms with Gasteiger partial charge in [0, 0.05) is 38.8 Å². The van der Waals surface area contributed by atoms with Gasteiger partial charge in [0.05, 0.1) is 6.10 Å². The molecule has 0 aliphatic carbocycles. The van der Waals surface area contributed by atoms with E-state index in [1.54, 1.807) is 13.8 Å². The van der Waals surface area contributed by atoms with E-state index in [9.17, 15) is 9.90 Å². The molecule has 1 aliphatic heterocycles. The third-order valence-corrected chi connectivity index (χ3v) is 3.68. The summed E-state index contributed by atoms with van der Waals surface area (Å²) in [6, 6.07) is 8.03. The topological polar surface area (TPSA) is 43.8 Å². The number of rotatable bonds is 2. The second-order valence-corrected chi connectivity index (χ2v) is 5.11. The lowest BCUT2D eigenvalue weighted by atomic mass is 10.1.